The molecule has 2 N–H and O–H groups in total. The monoisotopic (exact) mass is 416 g/mol. The van der Waals surface area contributed by atoms with Crippen molar-refractivity contribution in [1.29, 1.82) is 0 Å². The van der Waals surface area contributed by atoms with E-state index in [4.69, 9.17) is 5.11 Å². The van der Waals surface area contributed by atoms with Crippen LogP contribution in [0.5, 0.6) is 0 Å². The number of carboxylic acid groups (broad SMARTS) is 1. The molecule has 1 atom stereocenters. The van der Waals surface area contributed by atoms with Gasteiger partial charge >= 0.3 is 5.97 Å². The number of rotatable bonds is 14. The number of benzene rings is 1. The van der Waals surface area contributed by atoms with Crippen molar-refractivity contribution in [2.45, 2.75) is 83.6 Å². The molecule has 6 nitrogen and oxygen atoms in total. The molecule has 166 valence electrons. The minimum Gasteiger partial charge on any atom is -0.481 e. The Morgan fingerprint density at radius 1 is 1.00 bits per heavy atom. The normalized spacial score (nSPS) is 17.8. The van der Waals surface area contributed by atoms with Crippen molar-refractivity contribution in [2.75, 3.05) is 13.1 Å². The molecular formula is C24H36N2O4. The summed E-state index contributed by atoms with van der Waals surface area (Å²) in [5.41, 5.74) is 0.380. The van der Waals surface area contributed by atoms with Crippen molar-refractivity contribution in [3.8, 4) is 0 Å². The lowest BCUT2D eigenvalue weighted by Gasteiger charge is -2.35. The Kier molecular flexibility index (Phi) is 9.34. The highest BCUT2D eigenvalue weighted by molar-refractivity contribution is 6.06. The average Bonchev–Trinajstić information content (AvgIpc) is 2.95. The van der Waals surface area contributed by atoms with Crippen molar-refractivity contribution in [2.24, 2.45) is 0 Å². The summed E-state index contributed by atoms with van der Waals surface area (Å²) in [6, 6.07) is 7.39. The van der Waals surface area contributed by atoms with Crippen LogP contribution in [0.2, 0.25) is 0 Å². The molecule has 0 saturated heterocycles. The molecule has 2 rings (SSSR count). The lowest BCUT2D eigenvalue weighted by atomic mass is 9.90. The summed E-state index contributed by atoms with van der Waals surface area (Å²) < 4.78 is 0. The number of carbonyl (C=O) groups is 3. The van der Waals surface area contributed by atoms with Gasteiger partial charge < -0.3 is 15.3 Å². The Morgan fingerprint density at radius 2 is 1.67 bits per heavy atom. The van der Waals surface area contributed by atoms with Gasteiger partial charge in [0.25, 0.3) is 5.91 Å². The number of amides is 2. The maximum Gasteiger partial charge on any atom is 0.303 e. The summed E-state index contributed by atoms with van der Waals surface area (Å²) in [6.45, 7) is 5.08. The minimum atomic E-state index is -1.00. The van der Waals surface area contributed by atoms with Crippen LogP contribution in [-0.2, 0) is 15.1 Å². The lowest BCUT2D eigenvalue weighted by molar-refractivity contribution is -0.137. The topological polar surface area (TPSA) is 86.7 Å². The molecule has 1 aliphatic rings. The van der Waals surface area contributed by atoms with Gasteiger partial charge in [-0.25, -0.2) is 0 Å². The van der Waals surface area contributed by atoms with Gasteiger partial charge in [-0.15, -0.1) is 0 Å². The minimum absolute atomic E-state index is 0.0710. The Balaban J connectivity index is 1.99. The van der Waals surface area contributed by atoms with Gasteiger partial charge in [0, 0.05) is 25.1 Å². The van der Waals surface area contributed by atoms with Gasteiger partial charge in [0.05, 0.1) is 0 Å². The number of nitrogens with one attached hydrogen (secondary N) is 1. The standard InChI is InChI=1S/C24H36N2O4/c1-3-4-5-6-7-13-18-26-22(29)19-14-10-11-15-20(19)24(26,2)23(30)25-17-12-8-9-16-21(27)28/h10-11,14-15H,3-9,12-13,16-18H2,1-2H3,(H,25,30)(H,27,28). The van der Waals surface area contributed by atoms with E-state index in [0.29, 0.717) is 25.1 Å². The molecule has 6 heteroatoms. The molecule has 0 aromatic heterocycles. The zero-order chi connectivity index (χ0) is 22.0. The van der Waals surface area contributed by atoms with Gasteiger partial charge in [0.15, 0.2) is 0 Å². The number of aliphatic carboxylic acids is 1. The molecule has 1 heterocycles. The molecule has 0 bridgehead atoms. The SMILES string of the molecule is CCCCCCCCN1C(=O)c2ccccc2C1(C)C(=O)NCCCCCC(=O)O. The second kappa shape index (κ2) is 11.7. The van der Waals surface area contributed by atoms with Gasteiger partial charge in [-0.1, -0.05) is 63.6 Å². The molecule has 1 aromatic rings. The molecule has 0 radical (unpaired) electrons. The number of nitrogens with zero attached hydrogens (tertiary/aromatic N) is 1. The van der Waals surface area contributed by atoms with E-state index in [2.05, 4.69) is 12.2 Å². The van der Waals surface area contributed by atoms with E-state index in [-0.39, 0.29) is 18.2 Å². The summed E-state index contributed by atoms with van der Waals surface area (Å²) in [5, 5.41) is 11.7. The van der Waals surface area contributed by atoms with Crippen molar-refractivity contribution >= 4 is 17.8 Å². The molecule has 0 saturated carbocycles. The van der Waals surface area contributed by atoms with E-state index < -0.39 is 11.5 Å². The van der Waals surface area contributed by atoms with Crippen LogP contribution in [0.25, 0.3) is 0 Å². The summed E-state index contributed by atoms with van der Waals surface area (Å²) in [5.74, 6) is -1.03. The molecule has 0 fully saturated rings. The van der Waals surface area contributed by atoms with Crippen molar-refractivity contribution in [1.82, 2.24) is 10.2 Å². The van der Waals surface area contributed by atoms with Gasteiger partial charge in [-0.2, -0.15) is 0 Å². The Bertz CT molecular complexity index is 734. The second-order valence-electron chi connectivity index (χ2n) is 8.30. The smallest absolute Gasteiger partial charge is 0.303 e. The predicted molar refractivity (Wildman–Crippen MR) is 117 cm³/mol. The van der Waals surface area contributed by atoms with Crippen LogP contribution in [0, 0.1) is 0 Å². The van der Waals surface area contributed by atoms with E-state index in [1.165, 1.54) is 19.3 Å². The first kappa shape index (κ1) is 23.9. The third kappa shape index (κ3) is 5.83. The Labute approximate surface area is 180 Å². The number of hydrogen-bond acceptors (Lipinski definition) is 3. The van der Waals surface area contributed by atoms with Crippen LogP contribution in [0.3, 0.4) is 0 Å². The van der Waals surface area contributed by atoms with Gasteiger partial charge in [-0.3, -0.25) is 14.4 Å². The first-order valence-corrected chi connectivity index (χ1v) is 11.3. The molecule has 30 heavy (non-hydrogen) atoms. The highest BCUT2D eigenvalue weighted by Gasteiger charge is 2.50. The fraction of sp³-hybridized carbons (Fsp3) is 0.625. The molecule has 1 unspecified atom stereocenters. The van der Waals surface area contributed by atoms with Gasteiger partial charge in [0.1, 0.15) is 5.54 Å². The first-order valence-electron chi connectivity index (χ1n) is 11.3. The fourth-order valence-corrected chi connectivity index (χ4v) is 4.16. The Morgan fingerprint density at radius 3 is 2.40 bits per heavy atom. The lowest BCUT2D eigenvalue weighted by Crippen LogP contribution is -2.53. The number of hydrogen-bond donors (Lipinski definition) is 2. The molecule has 0 spiro atoms. The van der Waals surface area contributed by atoms with Crippen LogP contribution in [0.1, 0.15) is 94.0 Å². The van der Waals surface area contributed by atoms with Crippen LogP contribution in [0.4, 0.5) is 0 Å². The summed E-state index contributed by atoms with van der Waals surface area (Å²) in [4.78, 5) is 38.6. The largest absolute Gasteiger partial charge is 0.481 e. The maximum absolute atomic E-state index is 13.2. The predicted octanol–water partition coefficient (Wildman–Crippen LogP) is 4.48. The molecule has 2 amide bonds. The van der Waals surface area contributed by atoms with Crippen molar-refractivity contribution in [3.63, 3.8) is 0 Å². The summed E-state index contributed by atoms with van der Waals surface area (Å²) >= 11 is 0. The highest BCUT2D eigenvalue weighted by Crippen LogP contribution is 2.39. The second-order valence-corrected chi connectivity index (χ2v) is 8.30. The van der Waals surface area contributed by atoms with Gasteiger partial charge in [-0.05, 0) is 37.8 Å². The number of carbonyl (C=O) groups excluding carboxylic acids is 2. The fourth-order valence-electron chi connectivity index (χ4n) is 4.16. The van der Waals surface area contributed by atoms with E-state index in [1.54, 1.807) is 11.0 Å². The van der Waals surface area contributed by atoms with Gasteiger partial charge in [0.2, 0.25) is 5.91 Å². The van der Waals surface area contributed by atoms with Crippen molar-refractivity contribution < 1.29 is 19.5 Å². The molecule has 1 aromatic carbocycles. The number of carboxylic acids is 1. The number of unbranched alkanes of at least 4 members (excludes halogenated alkanes) is 7. The van der Waals surface area contributed by atoms with Crippen LogP contribution >= 0.6 is 0 Å². The molecule has 1 aliphatic heterocycles. The number of fused-ring (bicyclic) bond motifs is 1. The van der Waals surface area contributed by atoms with Crippen LogP contribution in [0.15, 0.2) is 24.3 Å². The zero-order valence-corrected chi connectivity index (χ0v) is 18.4. The zero-order valence-electron chi connectivity index (χ0n) is 18.4. The third-order valence-corrected chi connectivity index (χ3v) is 6.00. The van der Waals surface area contributed by atoms with E-state index in [1.807, 2.05) is 25.1 Å². The average molecular weight is 417 g/mol. The van der Waals surface area contributed by atoms with Crippen LogP contribution < -0.4 is 5.32 Å². The molecular weight excluding hydrogens is 380 g/mol. The first-order chi connectivity index (χ1) is 14.4. The summed E-state index contributed by atoms with van der Waals surface area (Å²) in [6.07, 6.45) is 8.99. The van der Waals surface area contributed by atoms with E-state index >= 15 is 0 Å². The van der Waals surface area contributed by atoms with E-state index in [0.717, 1.165) is 37.7 Å². The third-order valence-electron chi connectivity index (χ3n) is 6.00. The van der Waals surface area contributed by atoms with Crippen molar-refractivity contribution in [3.05, 3.63) is 35.4 Å². The highest BCUT2D eigenvalue weighted by atomic mass is 16.4. The summed E-state index contributed by atoms with van der Waals surface area (Å²) in [7, 11) is 0. The Hall–Kier alpha value is -2.37. The van der Waals surface area contributed by atoms with Crippen LogP contribution in [-0.4, -0.2) is 40.9 Å². The maximum atomic E-state index is 13.2. The molecule has 0 aliphatic carbocycles. The quantitative estimate of drug-likeness (QED) is 0.438. The van der Waals surface area contributed by atoms with E-state index in [9.17, 15) is 14.4 Å².